The van der Waals surface area contributed by atoms with E-state index in [1.807, 2.05) is 20.8 Å². The van der Waals surface area contributed by atoms with E-state index in [0.717, 1.165) is 6.42 Å². The normalized spacial score (nSPS) is 22.6. The number of aliphatic hydroxyl groups excluding tert-OH is 2. The second-order valence-electron chi connectivity index (χ2n) is 5.55. The molecule has 0 aromatic carbocycles. The van der Waals surface area contributed by atoms with Crippen LogP contribution in [-0.2, 0) is 4.74 Å². The zero-order valence-electron chi connectivity index (χ0n) is 10.8. The number of hydrogen-bond donors (Lipinski definition) is 2. The molecule has 1 aliphatic heterocycles. The van der Waals surface area contributed by atoms with Gasteiger partial charge < -0.3 is 19.8 Å². The molecule has 1 saturated heterocycles. The van der Waals surface area contributed by atoms with Crippen molar-refractivity contribution in [1.29, 1.82) is 0 Å². The average molecular weight is 245 g/mol. The SMILES string of the molecule is CC(C)(C)OC(=O)N1CCC(C(O)CCO)C1. The molecule has 2 N–H and O–H groups in total. The molecule has 0 saturated carbocycles. The summed E-state index contributed by atoms with van der Waals surface area (Å²) in [5.41, 5.74) is -0.487. The summed E-state index contributed by atoms with van der Waals surface area (Å²) >= 11 is 0. The Balaban J connectivity index is 2.42. The van der Waals surface area contributed by atoms with Gasteiger partial charge in [0.1, 0.15) is 5.60 Å². The van der Waals surface area contributed by atoms with E-state index in [2.05, 4.69) is 0 Å². The maximum absolute atomic E-state index is 11.8. The fourth-order valence-corrected chi connectivity index (χ4v) is 1.96. The zero-order valence-corrected chi connectivity index (χ0v) is 10.8. The van der Waals surface area contributed by atoms with Crippen LogP contribution in [0.1, 0.15) is 33.6 Å². The third kappa shape index (κ3) is 4.52. The van der Waals surface area contributed by atoms with E-state index in [1.54, 1.807) is 4.90 Å². The van der Waals surface area contributed by atoms with Gasteiger partial charge in [-0.15, -0.1) is 0 Å². The van der Waals surface area contributed by atoms with Crippen molar-refractivity contribution in [3.63, 3.8) is 0 Å². The van der Waals surface area contributed by atoms with Gasteiger partial charge in [-0.3, -0.25) is 0 Å². The van der Waals surface area contributed by atoms with Crippen molar-refractivity contribution in [1.82, 2.24) is 4.90 Å². The van der Waals surface area contributed by atoms with E-state index in [1.165, 1.54) is 0 Å². The first-order chi connectivity index (χ1) is 7.83. The number of amides is 1. The lowest BCUT2D eigenvalue weighted by atomic mass is 9.99. The molecule has 1 amide bonds. The first kappa shape index (κ1) is 14.3. The predicted octanol–water partition coefficient (Wildman–Crippen LogP) is 0.987. The Labute approximate surface area is 102 Å². The van der Waals surface area contributed by atoms with E-state index in [4.69, 9.17) is 9.84 Å². The Morgan fingerprint density at radius 2 is 2.18 bits per heavy atom. The van der Waals surface area contributed by atoms with Crippen molar-refractivity contribution >= 4 is 6.09 Å². The van der Waals surface area contributed by atoms with Crippen LogP contribution in [0.2, 0.25) is 0 Å². The number of carbonyl (C=O) groups is 1. The molecule has 1 heterocycles. The van der Waals surface area contributed by atoms with Gasteiger partial charge in [-0.05, 0) is 33.6 Å². The van der Waals surface area contributed by atoms with Crippen LogP contribution in [0.15, 0.2) is 0 Å². The van der Waals surface area contributed by atoms with Gasteiger partial charge in [0.25, 0.3) is 0 Å². The van der Waals surface area contributed by atoms with Gasteiger partial charge in [0.15, 0.2) is 0 Å². The summed E-state index contributed by atoms with van der Waals surface area (Å²) < 4.78 is 5.27. The Bertz CT molecular complexity index is 262. The molecule has 1 aliphatic rings. The molecule has 1 fully saturated rings. The molecule has 2 atom stereocenters. The molecule has 0 aliphatic carbocycles. The first-order valence-electron chi connectivity index (χ1n) is 6.10. The molecular formula is C12H23NO4. The molecule has 5 heteroatoms. The van der Waals surface area contributed by atoms with Crippen LogP contribution in [0.25, 0.3) is 0 Å². The molecule has 2 unspecified atom stereocenters. The van der Waals surface area contributed by atoms with Gasteiger partial charge in [0, 0.05) is 25.6 Å². The van der Waals surface area contributed by atoms with Gasteiger partial charge in [0.2, 0.25) is 0 Å². The fraction of sp³-hybridized carbons (Fsp3) is 0.917. The maximum Gasteiger partial charge on any atom is 0.410 e. The van der Waals surface area contributed by atoms with E-state index in [9.17, 15) is 9.90 Å². The third-order valence-corrected chi connectivity index (χ3v) is 2.85. The first-order valence-corrected chi connectivity index (χ1v) is 6.10. The van der Waals surface area contributed by atoms with Gasteiger partial charge in [-0.2, -0.15) is 0 Å². The molecule has 0 spiro atoms. The Morgan fingerprint density at radius 3 is 2.71 bits per heavy atom. The summed E-state index contributed by atoms with van der Waals surface area (Å²) in [6.45, 7) is 6.60. The van der Waals surface area contributed by atoms with Gasteiger partial charge >= 0.3 is 6.09 Å². The van der Waals surface area contributed by atoms with Crippen LogP contribution in [0.3, 0.4) is 0 Å². The third-order valence-electron chi connectivity index (χ3n) is 2.85. The monoisotopic (exact) mass is 245 g/mol. The maximum atomic E-state index is 11.8. The van der Waals surface area contributed by atoms with Crippen molar-refractivity contribution in [3.05, 3.63) is 0 Å². The zero-order chi connectivity index (χ0) is 13.1. The summed E-state index contributed by atoms with van der Waals surface area (Å²) in [5, 5.41) is 18.5. The van der Waals surface area contributed by atoms with E-state index < -0.39 is 11.7 Å². The number of likely N-dealkylation sites (tertiary alicyclic amines) is 1. The lowest BCUT2D eigenvalue weighted by Gasteiger charge is -2.25. The molecule has 0 radical (unpaired) electrons. The Kier molecular flexibility index (Phi) is 4.77. The smallest absolute Gasteiger partial charge is 0.410 e. The molecular weight excluding hydrogens is 222 g/mol. The number of carbonyl (C=O) groups excluding carboxylic acids is 1. The van der Waals surface area contributed by atoms with Crippen molar-refractivity contribution in [2.45, 2.75) is 45.3 Å². The predicted molar refractivity (Wildman–Crippen MR) is 63.6 cm³/mol. The van der Waals surface area contributed by atoms with Crippen LogP contribution in [0.5, 0.6) is 0 Å². The van der Waals surface area contributed by atoms with Crippen LogP contribution < -0.4 is 0 Å². The summed E-state index contributed by atoms with van der Waals surface area (Å²) in [6, 6.07) is 0. The highest BCUT2D eigenvalue weighted by Crippen LogP contribution is 2.23. The van der Waals surface area contributed by atoms with Crippen molar-refractivity contribution in [2.75, 3.05) is 19.7 Å². The van der Waals surface area contributed by atoms with E-state index in [-0.39, 0.29) is 18.6 Å². The highest BCUT2D eigenvalue weighted by Gasteiger charge is 2.32. The number of ether oxygens (including phenoxy) is 1. The van der Waals surface area contributed by atoms with Gasteiger partial charge in [-0.1, -0.05) is 0 Å². The standard InChI is InChI=1S/C12H23NO4/c1-12(2,3)17-11(16)13-6-4-9(8-13)10(15)5-7-14/h9-10,14-15H,4-8H2,1-3H3. The summed E-state index contributed by atoms with van der Waals surface area (Å²) in [4.78, 5) is 13.4. The van der Waals surface area contributed by atoms with Gasteiger partial charge in [-0.25, -0.2) is 4.79 Å². The quantitative estimate of drug-likeness (QED) is 0.778. The summed E-state index contributed by atoms with van der Waals surface area (Å²) in [5.74, 6) is 0.0506. The van der Waals surface area contributed by atoms with Crippen LogP contribution in [-0.4, -0.2) is 52.6 Å². The molecule has 0 bridgehead atoms. The molecule has 0 aromatic heterocycles. The number of nitrogens with zero attached hydrogens (tertiary/aromatic N) is 1. The minimum Gasteiger partial charge on any atom is -0.444 e. The second kappa shape index (κ2) is 5.69. The minimum atomic E-state index is -0.535. The van der Waals surface area contributed by atoms with Gasteiger partial charge in [0.05, 0.1) is 6.10 Å². The Morgan fingerprint density at radius 1 is 1.53 bits per heavy atom. The van der Waals surface area contributed by atoms with Crippen molar-refractivity contribution in [3.8, 4) is 0 Å². The molecule has 17 heavy (non-hydrogen) atoms. The number of aliphatic hydroxyl groups is 2. The van der Waals surface area contributed by atoms with Crippen molar-refractivity contribution < 1.29 is 19.7 Å². The second-order valence-corrected chi connectivity index (χ2v) is 5.55. The lowest BCUT2D eigenvalue weighted by molar-refractivity contribution is 0.0261. The summed E-state index contributed by atoms with van der Waals surface area (Å²) in [6.07, 6.45) is 0.274. The average Bonchev–Trinajstić information content (AvgIpc) is 2.63. The lowest BCUT2D eigenvalue weighted by Crippen LogP contribution is -2.36. The highest BCUT2D eigenvalue weighted by molar-refractivity contribution is 5.68. The molecule has 0 aromatic rings. The van der Waals surface area contributed by atoms with E-state index >= 15 is 0 Å². The largest absolute Gasteiger partial charge is 0.444 e. The molecule has 1 rings (SSSR count). The van der Waals surface area contributed by atoms with Crippen LogP contribution in [0.4, 0.5) is 4.79 Å². The van der Waals surface area contributed by atoms with Crippen LogP contribution in [0, 0.1) is 5.92 Å². The fourth-order valence-electron chi connectivity index (χ4n) is 1.96. The topological polar surface area (TPSA) is 70.0 Å². The van der Waals surface area contributed by atoms with E-state index in [0.29, 0.717) is 19.5 Å². The molecule has 100 valence electrons. The number of hydrogen-bond acceptors (Lipinski definition) is 4. The Hall–Kier alpha value is -0.810. The molecule has 5 nitrogen and oxygen atoms in total. The number of rotatable bonds is 3. The minimum absolute atomic E-state index is 0.0237. The van der Waals surface area contributed by atoms with Crippen LogP contribution >= 0.6 is 0 Å². The summed E-state index contributed by atoms with van der Waals surface area (Å²) in [7, 11) is 0. The van der Waals surface area contributed by atoms with Crippen molar-refractivity contribution in [2.24, 2.45) is 5.92 Å². The highest BCUT2D eigenvalue weighted by atomic mass is 16.6.